The van der Waals surface area contributed by atoms with E-state index in [1.807, 2.05) is 50.2 Å². The number of rotatable bonds is 12. The van der Waals surface area contributed by atoms with Gasteiger partial charge in [-0.25, -0.2) is 0 Å². The zero-order chi connectivity index (χ0) is 32.0. The van der Waals surface area contributed by atoms with Crippen molar-refractivity contribution in [1.82, 2.24) is 10.2 Å². The molecular formula is C36H33N3O5S2. The predicted molar refractivity (Wildman–Crippen MR) is 183 cm³/mol. The lowest BCUT2D eigenvalue weighted by atomic mass is 9.95. The number of amides is 1. The van der Waals surface area contributed by atoms with E-state index in [1.165, 1.54) is 33.4 Å². The fourth-order valence-corrected chi connectivity index (χ4v) is 7.21. The van der Waals surface area contributed by atoms with Crippen LogP contribution >= 0.6 is 23.1 Å². The van der Waals surface area contributed by atoms with Gasteiger partial charge in [0.25, 0.3) is 5.78 Å². The third-order valence-electron chi connectivity index (χ3n) is 7.52. The number of fused-ring (bicyclic) bond motifs is 1. The van der Waals surface area contributed by atoms with Crippen molar-refractivity contribution < 1.29 is 24.2 Å². The molecular weight excluding hydrogens is 619 g/mol. The summed E-state index contributed by atoms with van der Waals surface area (Å²) in [7, 11) is 0. The number of ether oxygens (including phenoxy) is 2. The first-order valence-electron chi connectivity index (χ1n) is 15.2. The second-order valence-electron chi connectivity index (χ2n) is 10.7. The van der Waals surface area contributed by atoms with Gasteiger partial charge in [-0.05, 0) is 71.1 Å². The summed E-state index contributed by atoms with van der Waals surface area (Å²) in [5.74, 6) is 0.0600. The van der Waals surface area contributed by atoms with E-state index in [9.17, 15) is 14.7 Å². The van der Waals surface area contributed by atoms with Gasteiger partial charge in [0.05, 0.1) is 24.8 Å². The van der Waals surface area contributed by atoms with Gasteiger partial charge in [0.2, 0.25) is 5.13 Å². The average molecular weight is 652 g/mol. The zero-order valence-corrected chi connectivity index (χ0v) is 27.1. The van der Waals surface area contributed by atoms with E-state index in [0.29, 0.717) is 45.9 Å². The van der Waals surface area contributed by atoms with Crippen LogP contribution < -0.4 is 14.4 Å². The van der Waals surface area contributed by atoms with Crippen molar-refractivity contribution >= 4 is 56.5 Å². The second-order valence-corrected chi connectivity index (χ2v) is 12.9. The Bertz CT molecular complexity index is 1900. The van der Waals surface area contributed by atoms with Crippen LogP contribution in [0.3, 0.4) is 0 Å². The minimum Gasteiger partial charge on any atom is -0.507 e. The van der Waals surface area contributed by atoms with Crippen molar-refractivity contribution in [2.75, 3.05) is 18.1 Å². The molecule has 0 spiro atoms. The summed E-state index contributed by atoms with van der Waals surface area (Å²) in [6.45, 7) is 5.12. The van der Waals surface area contributed by atoms with E-state index in [2.05, 4.69) is 34.5 Å². The topological polar surface area (TPSA) is 102 Å². The molecule has 46 heavy (non-hydrogen) atoms. The molecule has 0 saturated carbocycles. The highest BCUT2D eigenvalue weighted by atomic mass is 32.2. The Morgan fingerprint density at radius 1 is 0.870 bits per heavy atom. The molecule has 0 radical (unpaired) electrons. The summed E-state index contributed by atoms with van der Waals surface area (Å²) < 4.78 is 12.2. The van der Waals surface area contributed by atoms with Crippen LogP contribution in [0.15, 0.2) is 101 Å². The van der Waals surface area contributed by atoms with Crippen LogP contribution in [0.2, 0.25) is 0 Å². The highest BCUT2D eigenvalue weighted by Gasteiger charge is 2.48. The molecule has 1 aromatic heterocycles. The molecule has 234 valence electrons. The van der Waals surface area contributed by atoms with Crippen LogP contribution in [0.1, 0.15) is 49.4 Å². The molecule has 0 bridgehead atoms. The summed E-state index contributed by atoms with van der Waals surface area (Å²) in [6.07, 6.45) is 1.69. The number of Topliss-reactive ketones (excluding diaryl/α,β-unsaturated/α-hetero) is 1. The van der Waals surface area contributed by atoms with Crippen molar-refractivity contribution in [2.45, 2.75) is 42.8 Å². The highest BCUT2D eigenvalue weighted by Crippen LogP contribution is 2.45. The molecule has 6 rings (SSSR count). The van der Waals surface area contributed by atoms with E-state index in [4.69, 9.17) is 9.47 Å². The first kappa shape index (κ1) is 31.3. The molecule has 1 atom stereocenters. The molecule has 2 heterocycles. The molecule has 1 saturated heterocycles. The Labute approximate surface area is 275 Å². The number of carbonyl (C=O) groups is 2. The van der Waals surface area contributed by atoms with E-state index < -0.39 is 17.7 Å². The summed E-state index contributed by atoms with van der Waals surface area (Å²) >= 11 is 2.76. The fraction of sp³-hybridized carbons (Fsp3) is 0.222. The summed E-state index contributed by atoms with van der Waals surface area (Å²) in [4.78, 5) is 28.7. The average Bonchev–Trinajstić information content (AvgIpc) is 3.66. The Kier molecular flexibility index (Phi) is 9.65. The van der Waals surface area contributed by atoms with Crippen molar-refractivity contribution in [3.8, 4) is 11.5 Å². The van der Waals surface area contributed by atoms with E-state index in [0.717, 1.165) is 23.8 Å². The van der Waals surface area contributed by atoms with E-state index in [1.54, 1.807) is 30.3 Å². The van der Waals surface area contributed by atoms with Gasteiger partial charge in [0.15, 0.2) is 4.34 Å². The van der Waals surface area contributed by atoms with Gasteiger partial charge in [0.1, 0.15) is 17.3 Å². The van der Waals surface area contributed by atoms with E-state index in [-0.39, 0.29) is 16.5 Å². The maximum Gasteiger partial charge on any atom is 0.301 e. The van der Waals surface area contributed by atoms with Crippen molar-refractivity contribution in [1.29, 1.82) is 0 Å². The Hall–Kier alpha value is -4.67. The smallest absolute Gasteiger partial charge is 0.301 e. The van der Waals surface area contributed by atoms with Gasteiger partial charge in [-0.15, -0.1) is 10.2 Å². The third kappa shape index (κ3) is 6.49. The molecule has 5 aromatic rings. The lowest BCUT2D eigenvalue weighted by molar-refractivity contribution is -0.132. The third-order valence-corrected chi connectivity index (χ3v) is 9.63. The minimum atomic E-state index is -0.940. The first-order chi connectivity index (χ1) is 22.5. The van der Waals surface area contributed by atoms with Crippen LogP contribution in [-0.4, -0.2) is 40.2 Å². The van der Waals surface area contributed by atoms with Crippen LogP contribution in [-0.2, 0) is 15.3 Å². The molecule has 0 aliphatic carbocycles. The molecule has 1 fully saturated rings. The Morgan fingerprint density at radius 2 is 1.59 bits per heavy atom. The van der Waals surface area contributed by atoms with Gasteiger partial charge >= 0.3 is 5.91 Å². The molecule has 1 unspecified atom stereocenters. The first-order valence-corrected chi connectivity index (χ1v) is 17.0. The number of ketones is 1. The maximum absolute atomic E-state index is 13.7. The number of hydrogen-bond acceptors (Lipinski definition) is 9. The number of hydrogen-bond donors (Lipinski definition) is 1. The lowest BCUT2D eigenvalue weighted by Crippen LogP contribution is -2.29. The Morgan fingerprint density at radius 3 is 2.37 bits per heavy atom. The normalized spacial score (nSPS) is 15.9. The number of aliphatic hydroxyl groups excluding tert-OH is 1. The number of nitrogens with zero attached hydrogens (tertiary/aromatic N) is 3. The van der Waals surface area contributed by atoms with Crippen molar-refractivity contribution in [3.05, 3.63) is 113 Å². The number of carbonyl (C=O) groups excluding carboxylic acids is 2. The molecule has 1 amide bonds. The predicted octanol–water partition coefficient (Wildman–Crippen LogP) is 8.19. The van der Waals surface area contributed by atoms with E-state index >= 15 is 0 Å². The molecule has 1 N–H and O–H groups in total. The minimum absolute atomic E-state index is 0.0278. The largest absolute Gasteiger partial charge is 0.507 e. The molecule has 10 heteroatoms. The van der Waals surface area contributed by atoms with Gasteiger partial charge in [-0.1, -0.05) is 91.5 Å². The number of benzene rings is 4. The van der Waals surface area contributed by atoms with Gasteiger partial charge in [-0.3, -0.25) is 14.5 Å². The fourth-order valence-electron chi connectivity index (χ4n) is 5.34. The van der Waals surface area contributed by atoms with Gasteiger partial charge < -0.3 is 14.6 Å². The standard InChI is InChI=1S/C36H33N3O5S2/c1-3-19-43-27-17-15-24(16-18-27)32(40)30-31(25-11-8-13-28(21-25)44-20-4-2)39(34(42)33(30)41)35-37-38-36(46-35)45-22-26-12-7-10-23-9-5-6-14-29(23)26/h5-18,21,31,40H,3-4,19-20,22H2,1-2H3/b32-30+. The highest BCUT2D eigenvalue weighted by molar-refractivity contribution is 8.00. The summed E-state index contributed by atoms with van der Waals surface area (Å²) in [6, 6.07) is 27.6. The van der Waals surface area contributed by atoms with Crippen molar-refractivity contribution in [3.63, 3.8) is 0 Å². The number of aliphatic hydroxyl groups is 1. The van der Waals surface area contributed by atoms with Crippen LogP contribution in [0.25, 0.3) is 16.5 Å². The zero-order valence-electron chi connectivity index (χ0n) is 25.5. The quantitative estimate of drug-likeness (QED) is 0.0474. The Balaban J connectivity index is 1.36. The van der Waals surface area contributed by atoms with Crippen molar-refractivity contribution in [2.24, 2.45) is 0 Å². The molecule has 4 aromatic carbocycles. The van der Waals surface area contributed by atoms with Gasteiger partial charge in [-0.2, -0.15) is 0 Å². The number of aromatic nitrogens is 2. The maximum atomic E-state index is 13.7. The summed E-state index contributed by atoms with van der Waals surface area (Å²) in [5.41, 5.74) is 2.14. The number of thioether (sulfide) groups is 1. The van der Waals surface area contributed by atoms with Gasteiger partial charge in [0, 0.05) is 11.3 Å². The number of anilines is 1. The SMILES string of the molecule is CCCOc1ccc(/C(O)=C2\C(=O)C(=O)N(c3nnc(SCc4cccc5ccccc45)s3)C2c2cccc(OCCC)c2)cc1. The monoisotopic (exact) mass is 651 g/mol. The summed E-state index contributed by atoms with van der Waals surface area (Å²) in [5, 5.41) is 22.9. The lowest BCUT2D eigenvalue weighted by Gasteiger charge is -2.23. The van der Waals surface area contributed by atoms with Crippen LogP contribution in [0.4, 0.5) is 5.13 Å². The molecule has 1 aliphatic rings. The molecule has 1 aliphatic heterocycles. The van der Waals surface area contributed by atoms with Crippen LogP contribution in [0, 0.1) is 0 Å². The second kappa shape index (κ2) is 14.2. The van der Waals surface area contributed by atoms with Crippen LogP contribution in [0.5, 0.6) is 11.5 Å². The molecule has 8 nitrogen and oxygen atoms in total.